The third-order valence-electron chi connectivity index (χ3n) is 2.58. The van der Waals surface area contributed by atoms with Crippen molar-refractivity contribution < 1.29 is 28.9 Å². The standard InChI is InChI=1S/C13H13NO6/c1-18-8-2-3-9(13(16)17)10(6-8)14-12(15)11-7-19-4-5-20-11/h2-3,6-7H,4-5H2,1H3,(H,14,15)(H,16,17). The molecule has 0 aliphatic carbocycles. The molecule has 7 nitrogen and oxygen atoms in total. The number of methoxy groups -OCH3 is 1. The molecule has 0 radical (unpaired) electrons. The predicted octanol–water partition coefficient (Wildman–Crippen LogP) is 1.22. The third-order valence-corrected chi connectivity index (χ3v) is 2.58. The second-order valence-corrected chi connectivity index (χ2v) is 3.87. The van der Waals surface area contributed by atoms with Gasteiger partial charge in [0.25, 0.3) is 5.91 Å². The van der Waals surface area contributed by atoms with E-state index in [1.165, 1.54) is 31.6 Å². The topological polar surface area (TPSA) is 94.1 Å². The van der Waals surface area contributed by atoms with Crippen molar-refractivity contribution in [1.29, 1.82) is 0 Å². The first-order valence-corrected chi connectivity index (χ1v) is 5.79. The molecule has 7 heteroatoms. The summed E-state index contributed by atoms with van der Waals surface area (Å²) in [6.45, 7) is 0.638. The van der Waals surface area contributed by atoms with Gasteiger partial charge in [-0.15, -0.1) is 0 Å². The molecule has 0 spiro atoms. The average molecular weight is 279 g/mol. The third kappa shape index (κ3) is 3.00. The molecule has 0 saturated heterocycles. The van der Waals surface area contributed by atoms with Gasteiger partial charge in [-0.3, -0.25) is 4.79 Å². The zero-order chi connectivity index (χ0) is 14.5. The molecular formula is C13H13NO6. The Labute approximate surface area is 114 Å². The molecule has 2 rings (SSSR count). The zero-order valence-corrected chi connectivity index (χ0v) is 10.7. The first-order valence-electron chi connectivity index (χ1n) is 5.79. The number of amides is 1. The van der Waals surface area contributed by atoms with E-state index in [-0.39, 0.29) is 23.6 Å². The highest BCUT2D eigenvalue weighted by Gasteiger charge is 2.19. The van der Waals surface area contributed by atoms with Crippen LogP contribution in [-0.4, -0.2) is 37.3 Å². The lowest BCUT2D eigenvalue weighted by Crippen LogP contribution is -2.22. The molecule has 0 saturated carbocycles. The van der Waals surface area contributed by atoms with Gasteiger partial charge in [0, 0.05) is 6.07 Å². The van der Waals surface area contributed by atoms with E-state index in [1.807, 2.05) is 0 Å². The van der Waals surface area contributed by atoms with E-state index in [2.05, 4.69) is 5.32 Å². The highest BCUT2D eigenvalue weighted by Crippen LogP contribution is 2.23. The minimum Gasteiger partial charge on any atom is -0.497 e. The summed E-state index contributed by atoms with van der Waals surface area (Å²) >= 11 is 0. The lowest BCUT2D eigenvalue weighted by molar-refractivity contribution is -0.117. The Hall–Kier alpha value is -2.70. The summed E-state index contributed by atoms with van der Waals surface area (Å²) in [5.74, 6) is -1.31. The predicted molar refractivity (Wildman–Crippen MR) is 68.6 cm³/mol. The van der Waals surface area contributed by atoms with Gasteiger partial charge in [-0.1, -0.05) is 0 Å². The Morgan fingerprint density at radius 3 is 2.75 bits per heavy atom. The molecule has 1 aliphatic heterocycles. The fourth-order valence-electron chi connectivity index (χ4n) is 1.61. The van der Waals surface area contributed by atoms with Crippen molar-refractivity contribution in [3.05, 3.63) is 35.8 Å². The first-order chi connectivity index (χ1) is 9.61. The maximum absolute atomic E-state index is 11.9. The number of anilines is 1. The molecule has 1 aromatic rings. The molecule has 1 amide bonds. The van der Waals surface area contributed by atoms with E-state index in [0.29, 0.717) is 12.4 Å². The fraction of sp³-hybridized carbons (Fsp3) is 0.231. The molecule has 106 valence electrons. The normalized spacial score (nSPS) is 13.6. The van der Waals surface area contributed by atoms with Crippen molar-refractivity contribution in [2.45, 2.75) is 0 Å². The number of carbonyl (C=O) groups is 2. The van der Waals surface area contributed by atoms with Crippen molar-refractivity contribution in [3.63, 3.8) is 0 Å². The highest BCUT2D eigenvalue weighted by atomic mass is 16.6. The molecule has 20 heavy (non-hydrogen) atoms. The van der Waals surface area contributed by atoms with Crippen LogP contribution in [0.1, 0.15) is 10.4 Å². The summed E-state index contributed by atoms with van der Waals surface area (Å²) < 4.78 is 15.1. The SMILES string of the molecule is COc1ccc(C(=O)O)c(NC(=O)C2=COCCO2)c1. The molecule has 1 heterocycles. The van der Waals surface area contributed by atoms with E-state index in [4.69, 9.17) is 19.3 Å². The van der Waals surface area contributed by atoms with Gasteiger partial charge in [-0.05, 0) is 12.1 Å². The molecule has 0 aromatic heterocycles. The Kier molecular flexibility index (Phi) is 4.09. The number of benzene rings is 1. The summed E-state index contributed by atoms with van der Waals surface area (Å²) in [6.07, 6.45) is 1.19. The quantitative estimate of drug-likeness (QED) is 0.860. The second kappa shape index (κ2) is 5.96. The summed E-state index contributed by atoms with van der Waals surface area (Å²) in [5, 5.41) is 11.6. The first kappa shape index (κ1) is 13.7. The van der Waals surface area contributed by atoms with Gasteiger partial charge in [0.2, 0.25) is 5.76 Å². The lowest BCUT2D eigenvalue weighted by Gasteiger charge is -2.16. The Bertz CT molecular complexity index is 566. The number of ether oxygens (including phenoxy) is 3. The largest absolute Gasteiger partial charge is 0.497 e. The van der Waals surface area contributed by atoms with Crippen molar-refractivity contribution in [3.8, 4) is 5.75 Å². The molecule has 0 fully saturated rings. The summed E-state index contributed by atoms with van der Waals surface area (Å²) in [5.41, 5.74) is 0.0772. The van der Waals surface area contributed by atoms with E-state index < -0.39 is 11.9 Å². The van der Waals surface area contributed by atoms with Crippen LogP contribution in [-0.2, 0) is 14.3 Å². The molecule has 0 atom stereocenters. The Morgan fingerprint density at radius 1 is 1.35 bits per heavy atom. The fourth-order valence-corrected chi connectivity index (χ4v) is 1.61. The number of aromatic carboxylic acids is 1. The van der Waals surface area contributed by atoms with Crippen molar-refractivity contribution in [2.75, 3.05) is 25.6 Å². The number of hydrogen-bond donors (Lipinski definition) is 2. The van der Waals surface area contributed by atoms with Gasteiger partial charge in [-0.2, -0.15) is 0 Å². The van der Waals surface area contributed by atoms with Crippen LogP contribution in [0.4, 0.5) is 5.69 Å². The number of carbonyl (C=O) groups excluding carboxylic acids is 1. The van der Waals surface area contributed by atoms with Gasteiger partial charge in [0.05, 0.1) is 18.4 Å². The van der Waals surface area contributed by atoms with Gasteiger partial charge in [0.1, 0.15) is 25.2 Å². The lowest BCUT2D eigenvalue weighted by atomic mass is 10.1. The van der Waals surface area contributed by atoms with Crippen LogP contribution >= 0.6 is 0 Å². The van der Waals surface area contributed by atoms with E-state index in [9.17, 15) is 9.59 Å². The number of carboxylic acid groups (broad SMARTS) is 1. The van der Waals surface area contributed by atoms with E-state index in [1.54, 1.807) is 0 Å². The Balaban J connectivity index is 2.24. The summed E-state index contributed by atoms with van der Waals surface area (Å²) in [4.78, 5) is 23.0. The minimum absolute atomic E-state index is 0.00425. The number of rotatable bonds is 4. The van der Waals surface area contributed by atoms with Crippen LogP contribution in [0.25, 0.3) is 0 Å². The van der Waals surface area contributed by atoms with Gasteiger partial charge in [0.15, 0.2) is 0 Å². The average Bonchev–Trinajstić information content (AvgIpc) is 2.47. The number of hydrogen-bond acceptors (Lipinski definition) is 5. The van der Waals surface area contributed by atoms with Crippen LogP contribution < -0.4 is 10.1 Å². The molecule has 0 unspecified atom stereocenters. The van der Waals surface area contributed by atoms with Gasteiger partial charge < -0.3 is 24.6 Å². The van der Waals surface area contributed by atoms with Crippen molar-refractivity contribution in [1.82, 2.24) is 0 Å². The zero-order valence-electron chi connectivity index (χ0n) is 10.7. The second-order valence-electron chi connectivity index (χ2n) is 3.87. The molecule has 0 bridgehead atoms. The highest BCUT2D eigenvalue weighted by molar-refractivity contribution is 6.06. The number of carboxylic acids is 1. The molecule has 1 aliphatic rings. The van der Waals surface area contributed by atoms with Crippen LogP contribution in [0.2, 0.25) is 0 Å². The van der Waals surface area contributed by atoms with Crippen LogP contribution in [0, 0.1) is 0 Å². The van der Waals surface area contributed by atoms with E-state index >= 15 is 0 Å². The monoisotopic (exact) mass is 279 g/mol. The van der Waals surface area contributed by atoms with Crippen LogP contribution in [0.15, 0.2) is 30.2 Å². The Morgan fingerprint density at radius 2 is 2.15 bits per heavy atom. The number of nitrogens with one attached hydrogen (secondary N) is 1. The smallest absolute Gasteiger partial charge is 0.337 e. The summed E-state index contributed by atoms with van der Waals surface area (Å²) in [6, 6.07) is 4.27. The maximum Gasteiger partial charge on any atom is 0.337 e. The summed E-state index contributed by atoms with van der Waals surface area (Å²) in [7, 11) is 1.45. The molecule has 2 N–H and O–H groups in total. The van der Waals surface area contributed by atoms with Gasteiger partial charge >= 0.3 is 5.97 Å². The maximum atomic E-state index is 11.9. The minimum atomic E-state index is -1.15. The van der Waals surface area contributed by atoms with E-state index in [0.717, 1.165) is 0 Å². The molecular weight excluding hydrogens is 266 g/mol. The van der Waals surface area contributed by atoms with Crippen LogP contribution in [0.5, 0.6) is 5.75 Å². The van der Waals surface area contributed by atoms with Crippen molar-refractivity contribution >= 4 is 17.6 Å². The van der Waals surface area contributed by atoms with Crippen LogP contribution in [0.3, 0.4) is 0 Å². The molecule has 1 aromatic carbocycles. The van der Waals surface area contributed by atoms with Gasteiger partial charge in [-0.25, -0.2) is 4.79 Å². The van der Waals surface area contributed by atoms with Crippen molar-refractivity contribution in [2.24, 2.45) is 0 Å².